The van der Waals surface area contributed by atoms with Crippen LogP contribution in [-0.4, -0.2) is 39.2 Å². The first-order chi connectivity index (χ1) is 9.45. The van der Waals surface area contributed by atoms with Gasteiger partial charge in [-0.3, -0.25) is 4.79 Å². The number of nitriles is 1. The number of carbonyl (C=O) groups is 2. The lowest BCUT2D eigenvalue weighted by atomic mass is 10.2. The Kier molecular flexibility index (Phi) is 5.74. The first kappa shape index (κ1) is 15.7. The highest BCUT2D eigenvalue weighted by molar-refractivity contribution is 8.00. The highest BCUT2D eigenvalue weighted by Gasteiger charge is 2.17. The molecule has 3 N–H and O–H groups in total. The maximum Gasteiger partial charge on any atom is 0.346 e. The van der Waals surface area contributed by atoms with E-state index >= 15 is 0 Å². The van der Waals surface area contributed by atoms with Gasteiger partial charge in [-0.2, -0.15) is 10.2 Å². The number of rotatable bonds is 6. The molecule has 0 unspecified atom stereocenters. The second-order valence-electron chi connectivity index (χ2n) is 3.70. The van der Waals surface area contributed by atoms with Gasteiger partial charge in [-0.25, -0.2) is 9.59 Å². The quantitative estimate of drug-likeness (QED) is 0.379. The maximum absolute atomic E-state index is 11.4. The molecule has 1 heterocycles. The first-order valence-electron chi connectivity index (χ1n) is 5.56. The number of carboxylic acids is 1. The number of amides is 1. The zero-order chi connectivity index (χ0) is 15.1. The number of thioether (sulfide) groups is 1. The number of nitrogens with zero attached hydrogens (tertiary/aromatic N) is 2. The van der Waals surface area contributed by atoms with Gasteiger partial charge in [0.05, 0.1) is 18.2 Å². The van der Waals surface area contributed by atoms with Gasteiger partial charge in [0, 0.05) is 12.2 Å². The van der Waals surface area contributed by atoms with Crippen LogP contribution in [0.4, 0.5) is 0 Å². The van der Waals surface area contributed by atoms with Crippen LogP contribution in [0.25, 0.3) is 0 Å². The summed E-state index contributed by atoms with van der Waals surface area (Å²) < 4.78 is 0. The van der Waals surface area contributed by atoms with Crippen LogP contribution in [0.3, 0.4) is 0 Å². The van der Waals surface area contributed by atoms with E-state index in [1.165, 1.54) is 6.92 Å². The Morgan fingerprint density at radius 1 is 1.55 bits per heavy atom. The zero-order valence-corrected chi connectivity index (χ0v) is 11.4. The van der Waals surface area contributed by atoms with E-state index < -0.39 is 11.7 Å². The topological polar surface area (TPSA) is 136 Å². The van der Waals surface area contributed by atoms with Crippen molar-refractivity contribution < 1.29 is 14.7 Å². The van der Waals surface area contributed by atoms with Crippen molar-refractivity contribution in [1.29, 1.82) is 5.26 Å². The summed E-state index contributed by atoms with van der Waals surface area (Å²) in [6.45, 7) is 1.67. The highest BCUT2D eigenvalue weighted by Crippen LogP contribution is 2.20. The Labute approximate surface area is 118 Å². The summed E-state index contributed by atoms with van der Waals surface area (Å²) in [7, 11) is 0. The lowest BCUT2D eigenvalue weighted by Gasteiger charge is -2.07. The fourth-order valence-corrected chi connectivity index (χ4v) is 2.26. The molecule has 0 aliphatic heterocycles. The average Bonchev–Trinajstić information content (AvgIpc) is 2.35. The average molecular weight is 296 g/mol. The summed E-state index contributed by atoms with van der Waals surface area (Å²) >= 11 is 0.863. The molecule has 20 heavy (non-hydrogen) atoms. The molecule has 0 aromatic carbocycles. The molecule has 1 aromatic heterocycles. The zero-order valence-electron chi connectivity index (χ0n) is 10.6. The van der Waals surface area contributed by atoms with E-state index in [2.05, 4.69) is 15.3 Å². The van der Waals surface area contributed by atoms with E-state index in [4.69, 9.17) is 10.4 Å². The molecule has 0 atom stereocenters. The molecule has 0 fully saturated rings. The molecule has 1 aromatic rings. The van der Waals surface area contributed by atoms with E-state index in [1.807, 2.05) is 6.07 Å². The second-order valence-corrected chi connectivity index (χ2v) is 4.66. The normalized spacial score (nSPS) is 9.80. The van der Waals surface area contributed by atoms with Crippen molar-refractivity contribution in [2.75, 3.05) is 12.3 Å². The van der Waals surface area contributed by atoms with Crippen LogP contribution in [0.15, 0.2) is 9.82 Å². The number of aromatic amines is 1. The van der Waals surface area contributed by atoms with Crippen molar-refractivity contribution in [3.8, 4) is 6.07 Å². The van der Waals surface area contributed by atoms with Crippen LogP contribution in [0.2, 0.25) is 0 Å². The van der Waals surface area contributed by atoms with Crippen molar-refractivity contribution in [2.45, 2.75) is 18.4 Å². The Morgan fingerprint density at radius 3 is 2.85 bits per heavy atom. The van der Waals surface area contributed by atoms with Gasteiger partial charge < -0.3 is 15.4 Å². The number of carbonyl (C=O) groups excluding carboxylic acids is 1. The van der Waals surface area contributed by atoms with Gasteiger partial charge in [-0.15, -0.1) is 0 Å². The van der Waals surface area contributed by atoms with E-state index in [-0.39, 0.29) is 40.9 Å². The lowest BCUT2D eigenvalue weighted by Crippen LogP contribution is -2.26. The van der Waals surface area contributed by atoms with Crippen LogP contribution < -0.4 is 11.0 Å². The van der Waals surface area contributed by atoms with E-state index in [0.717, 1.165) is 11.8 Å². The third-order valence-corrected chi connectivity index (χ3v) is 3.17. The molecule has 8 nitrogen and oxygen atoms in total. The molecule has 0 bridgehead atoms. The third kappa shape index (κ3) is 4.40. The van der Waals surface area contributed by atoms with Gasteiger partial charge >= 0.3 is 11.7 Å². The number of nitrogens with one attached hydrogen (secondary N) is 2. The lowest BCUT2D eigenvalue weighted by molar-refractivity contribution is -0.118. The van der Waals surface area contributed by atoms with E-state index in [0.29, 0.717) is 0 Å². The Bertz CT molecular complexity index is 620. The SMILES string of the molecule is Cc1[nH]c(=O)nc(SCC(=O)NCCC#N)c1C(=O)O. The van der Waals surface area contributed by atoms with E-state index in [9.17, 15) is 14.4 Å². The fraction of sp³-hybridized carbons (Fsp3) is 0.364. The largest absolute Gasteiger partial charge is 0.478 e. The van der Waals surface area contributed by atoms with Crippen molar-refractivity contribution >= 4 is 23.6 Å². The number of aromatic carboxylic acids is 1. The molecule has 0 radical (unpaired) electrons. The van der Waals surface area contributed by atoms with Crippen LogP contribution in [0.5, 0.6) is 0 Å². The minimum absolute atomic E-state index is 0.00539. The molecule has 9 heteroatoms. The molecule has 106 valence electrons. The monoisotopic (exact) mass is 296 g/mol. The van der Waals surface area contributed by atoms with Gasteiger partial charge in [-0.05, 0) is 6.92 Å². The molecular weight excluding hydrogens is 284 g/mol. The molecule has 1 amide bonds. The molecule has 0 saturated heterocycles. The van der Waals surface area contributed by atoms with Gasteiger partial charge in [-0.1, -0.05) is 11.8 Å². The van der Waals surface area contributed by atoms with E-state index in [1.54, 1.807) is 0 Å². The number of hydrogen-bond acceptors (Lipinski definition) is 6. The predicted molar refractivity (Wildman–Crippen MR) is 70.5 cm³/mol. The van der Waals surface area contributed by atoms with Crippen LogP contribution >= 0.6 is 11.8 Å². The van der Waals surface area contributed by atoms with Crippen LogP contribution in [0, 0.1) is 18.3 Å². The highest BCUT2D eigenvalue weighted by atomic mass is 32.2. The Balaban J connectivity index is 2.78. The molecule has 0 saturated carbocycles. The fourth-order valence-electron chi connectivity index (χ4n) is 1.36. The number of H-pyrrole nitrogens is 1. The van der Waals surface area contributed by atoms with Crippen LogP contribution in [0.1, 0.15) is 22.5 Å². The summed E-state index contributed by atoms with van der Waals surface area (Å²) in [4.78, 5) is 39.6. The van der Waals surface area contributed by atoms with Crippen LogP contribution in [-0.2, 0) is 4.79 Å². The standard InChI is InChI=1S/C11H12N4O4S/c1-6-8(10(17)18)9(15-11(19)14-6)20-5-7(16)13-4-2-3-12/h2,4-5H2,1H3,(H,13,16)(H,17,18)(H,14,15,19). The molecule has 0 aliphatic rings. The minimum atomic E-state index is -1.22. The summed E-state index contributed by atoms with van der Waals surface area (Å²) in [6, 6.07) is 1.88. The maximum atomic E-state index is 11.4. The number of hydrogen-bond donors (Lipinski definition) is 3. The Hall–Kier alpha value is -2.34. The van der Waals surface area contributed by atoms with Crippen molar-refractivity contribution in [1.82, 2.24) is 15.3 Å². The second kappa shape index (κ2) is 7.30. The van der Waals surface area contributed by atoms with Gasteiger partial charge in [0.2, 0.25) is 5.91 Å². The number of aromatic nitrogens is 2. The summed E-state index contributed by atoms with van der Waals surface area (Å²) in [5.74, 6) is -1.67. The number of carboxylic acid groups (broad SMARTS) is 1. The number of aryl methyl sites for hydroxylation is 1. The molecule has 0 spiro atoms. The smallest absolute Gasteiger partial charge is 0.346 e. The molecule has 0 aliphatic carbocycles. The summed E-state index contributed by atoms with van der Waals surface area (Å²) in [5.41, 5.74) is -0.607. The summed E-state index contributed by atoms with van der Waals surface area (Å²) in [6.07, 6.45) is 0.194. The van der Waals surface area contributed by atoms with Crippen molar-refractivity contribution in [3.63, 3.8) is 0 Å². The van der Waals surface area contributed by atoms with Gasteiger partial charge in [0.1, 0.15) is 10.6 Å². The predicted octanol–water partition coefficient (Wildman–Crippen LogP) is -0.101. The van der Waals surface area contributed by atoms with Gasteiger partial charge in [0.15, 0.2) is 0 Å². The molecular formula is C11H12N4O4S. The minimum Gasteiger partial charge on any atom is -0.478 e. The van der Waals surface area contributed by atoms with Crippen molar-refractivity contribution in [3.05, 3.63) is 21.7 Å². The summed E-state index contributed by atoms with van der Waals surface area (Å²) in [5, 5.41) is 19.9. The molecule has 1 rings (SSSR count). The first-order valence-corrected chi connectivity index (χ1v) is 6.55. The van der Waals surface area contributed by atoms with Gasteiger partial charge in [0.25, 0.3) is 0 Å². The third-order valence-electron chi connectivity index (χ3n) is 2.20. The van der Waals surface area contributed by atoms with Crippen molar-refractivity contribution in [2.24, 2.45) is 0 Å². The Morgan fingerprint density at radius 2 is 2.25 bits per heavy atom.